The van der Waals surface area contributed by atoms with Crippen molar-refractivity contribution in [1.82, 2.24) is 24.2 Å². The van der Waals surface area contributed by atoms with Crippen LogP contribution in [0.3, 0.4) is 0 Å². The third-order valence-corrected chi connectivity index (χ3v) is 9.25. The van der Waals surface area contributed by atoms with Gasteiger partial charge >= 0.3 is 6.03 Å². The van der Waals surface area contributed by atoms with Crippen molar-refractivity contribution in [3.8, 4) is 0 Å². The number of amides is 2. The molecule has 1 saturated heterocycles. The van der Waals surface area contributed by atoms with E-state index in [0.717, 1.165) is 19.1 Å². The van der Waals surface area contributed by atoms with E-state index in [-0.39, 0.29) is 11.8 Å². The van der Waals surface area contributed by atoms with Crippen LogP contribution in [0.25, 0.3) is 11.2 Å². The molecule has 3 rings (SSSR count). The first-order chi connectivity index (χ1) is 15.6. The van der Waals surface area contributed by atoms with Crippen LogP contribution in [0.5, 0.6) is 0 Å². The molecule has 1 fully saturated rings. The monoisotopic (exact) mass is 496 g/mol. The summed E-state index contributed by atoms with van der Waals surface area (Å²) in [5, 5.41) is 5.58. The van der Waals surface area contributed by atoms with Gasteiger partial charge in [-0.1, -0.05) is 26.6 Å². The molecule has 33 heavy (non-hydrogen) atoms. The Labute approximate surface area is 197 Å². The third-order valence-electron chi connectivity index (χ3n) is 5.51. The zero-order valence-corrected chi connectivity index (χ0v) is 21.8. The molecule has 3 heterocycles. The van der Waals surface area contributed by atoms with Crippen molar-refractivity contribution in [1.29, 1.82) is 0 Å². The molecule has 10 nitrogen and oxygen atoms in total. The molecule has 1 atom stereocenters. The highest BCUT2D eigenvalue weighted by Gasteiger charge is 2.29. The minimum absolute atomic E-state index is 0.129. The van der Waals surface area contributed by atoms with E-state index in [1.807, 2.05) is 23.8 Å². The quantitative estimate of drug-likeness (QED) is 0.385. The Morgan fingerprint density at radius 3 is 2.85 bits per heavy atom. The molecule has 2 amide bonds. The molecule has 184 valence electrons. The van der Waals surface area contributed by atoms with Crippen molar-refractivity contribution in [2.45, 2.75) is 64.6 Å². The largest absolute Gasteiger partial charge is 0.361 e. The maximum atomic E-state index is 12.5. The van der Waals surface area contributed by atoms with Gasteiger partial charge in [0.2, 0.25) is 10.0 Å². The molecular weight excluding hydrogens is 460 g/mol. The molecule has 2 aromatic heterocycles. The first-order valence-corrected chi connectivity index (χ1v) is 16.8. The average Bonchev–Trinajstić information content (AvgIpc) is 3.13. The number of hydrogen-bond donors (Lipinski definition) is 2. The van der Waals surface area contributed by atoms with E-state index >= 15 is 0 Å². The number of fused-ring (bicyclic) bond motifs is 1. The minimum Gasteiger partial charge on any atom is -0.361 e. The number of carbonyl (C=O) groups is 1. The van der Waals surface area contributed by atoms with Crippen LogP contribution in [0.15, 0.2) is 18.5 Å². The van der Waals surface area contributed by atoms with Crippen molar-refractivity contribution in [2.75, 3.05) is 30.8 Å². The van der Waals surface area contributed by atoms with E-state index in [4.69, 9.17) is 4.74 Å². The van der Waals surface area contributed by atoms with E-state index in [9.17, 15) is 13.2 Å². The molecule has 12 heteroatoms. The van der Waals surface area contributed by atoms with Crippen molar-refractivity contribution < 1.29 is 17.9 Å². The van der Waals surface area contributed by atoms with Crippen molar-refractivity contribution in [3.05, 3.63) is 18.5 Å². The molecule has 0 spiro atoms. The number of anilines is 1. The summed E-state index contributed by atoms with van der Waals surface area (Å²) in [7, 11) is -4.40. The second kappa shape index (κ2) is 10.9. The smallest absolute Gasteiger partial charge is 0.320 e. The fourth-order valence-electron chi connectivity index (χ4n) is 3.70. The molecule has 1 aliphatic heterocycles. The van der Waals surface area contributed by atoms with Gasteiger partial charge in [0.1, 0.15) is 12.2 Å². The highest BCUT2D eigenvalue weighted by atomic mass is 32.2. The van der Waals surface area contributed by atoms with Gasteiger partial charge in [-0.2, -0.15) is 4.31 Å². The van der Waals surface area contributed by atoms with E-state index in [2.05, 4.69) is 40.2 Å². The van der Waals surface area contributed by atoms with Gasteiger partial charge in [0, 0.05) is 40.0 Å². The van der Waals surface area contributed by atoms with Crippen LogP contribution in [-0.2, 0) is 21.5 Å². The number of ether oxygens (including phenoxy) is 1. The lowest BCUT2D eigenvalue weighted by Gasteiger charge is -2.32. The molecule has 2 N–H and O–H groups in total. The molecule has 1 aliphatic rings. The SMILES string of the molecule is CCCS(=O)(=O)N1CCC[C@H](NC(=O)Nc2cnc3c(ccn3COCC[Si](C)(C)C)n2)C1. The van der Waals surface area contributed by atoms with Crippen molar-refractivity contribution in [2.24, 2.45) is 0 Å². The molecule has 2 aromatic rings. The standard InChI is InChI=1S/C21H36N6O4SSi/c1-5-12-32(29,30)27-9-6-7-17(15-27)23-21(28)25-19-14-22-20-18(24-19)8-10-26(20)16-31-11-13-33(2,3)4/h8,10,14,17H,5-7,9,11-13,15-16H2,1-4H3,(H2,23,24,25,28)/t17-/m0/s1. The molecular formula is C21H36N6O4SSi. The van der Waals surface area contributed by atoms with Gasteiger partial charge < -0.3 is 14.6 Å². The highest BCUT2D eigenvalue weighted by molar-refractivity contribution is 7.89. The Balaban J connectivity index is 1.53. The fourth-order valence-corrected chi connectivity index (χ4v) is 6.05. The Kier molecular flexibility index (Phi) is 8.48. The summed E-state index contributed by atoms with van der Waals surface area (Å²) in [4.78, 5) is 21.4. The third kappa shape index (κ3) is 7.49. The Morgan fingerprint density at radius 1 is 1.33 bits per heavy atom. The summed E-state index contributed by atoms with van der Waals surface area (Å²) >= 11 is 0. The Hall–Kier alpha value is -2.02. The van der Waals surface area contributed by atoms with Crippen LogP contribution in [0.1, 0.15) is 26.2 Å². The molecule has 0 unspecified atom stereocenters. The molecule has 0 saturated carbocycles. The van der Waals surface area contributed by atoms with Crippen LogP contribution >= 0.6 is 0 Å². The predicted molar refractivity (Wildman–Crippen MR) is 132 cm³/mol. The zero-order chi connectivity index (χ0) is 24.1. The molecule has 0 aromatic carbocycles. The first kappa shape index (κ1) is 25.6. The van der Waals surface area contributed by atoms with Gasteiger partial charge in [-0.3, -0.25) is 5.32 Å². The van der Waals surface area contributed by atoms with Crippen molar-refractivity contribution in [3.63, 3.8) is 0 Å². The number of carbonyl (C=O) groups excluding carboxylic acids is 1. The summed E-state index contributed by atoms with van der Waals surface area (Å²) in [5.74, 6) is 0.466. The topological polar surface area (TPSA) is 118 Å². The van der Waals surface area contributed by atoms with Gasteiger partial charge in [0.25, 0.3) is 0 Å². The number of nitrogens with one attached hydrogen (secondary N) is 2. The van der Waals surface area contributed by atoms with E-state index in [1.165, 1.54) is 10.5 Å². The summed E-state index contributed by atoms with van der Waals surface area (Å²) in [6.45, 7) is 10.7. The number of aromatic nitrogens is 3. The maximum absolute atomic E-state index is 12.5. The Morgan fingerprint density at radius 2 is 2.12 bits per heavy atom. The van der Waals surface area contributed by atoms with Crippen molar-refractivity contribution >= 4 is 41.1 Å². The number of sulfonamides is 1. The molecule has 0 radical (unpaired) electrons. The molecule has 0 aliphatic carbocycles. The van der Waals surface area contributed by atoms with E-state index in [1.54, 1.807) is 0 Å². The predicted octanol–water partition coefficient (Wildman–Crippen LogP) is 3.07. The second-order valence-corrected chi connectivity index (χ2v) is 17.4. The highest BCUT2D eigenvalue weighted by Crippen LogP contribution is 2.17. The number of nitrogens with zero attached hydrogens (tertiary/aromatic N) is 4. The summed E-state index contributed by atoms with van der Waals surface area (Å²) in [6, 6.07) is 2.28. The van der Waals surface area contributed by atoms with Crippen LogP contribution < -0.4 is 10.6 Å². The number of piperidine rings is 1. The summed E-state index contributed by atoms with van der Waals surface area (Å²) < 4.78 is 33.8. The molecule has 0 bridgehead atoms. The summed E-state index contributed by atoms with van der Waals surface area (Å²) in [5.41, 5.74) is 1.36. The average molecular weight is 497 g/mol. The van der Waals surface area contributed by atoms with Crippen LogP contribution in [0.2, 0.25) is 25.7 Å². The lowest BCUT2D eigenvalue weighted by atomic mass is 10.1. The normalized spacial score (nSPS) is 17.9. The van der Waals surface area contributed by atoms with Gasteiger partial charge in [-0.05, 0) is 31.4 Å². The zero-order valence-electron chi connectivity index (χ0n) is 20.0. The fraction of sp³-hybridized carbons (Fsp3) is 0.667. The maximum Gasteiger partial charge on any atom is 0.320 e. The lowest BCUT2D eigenvalue weighted by Crippen LogP contribution is -2.50. The second-order valence-electron chi connectivity index (χ2n) is 9.71. The first-order valence-electron chi connectivity index (χ1n) is 11.5. The van der Waals surface area contributed by atoms with Gasteiger partial charge in [-0.25, -0.2) is 23.2 Å². The van der Waals surface area contributed by atoms with Crippen LogP contribution in [0, 0.1) is 0 Å². The van der Waals surface area contributed by atoms with E-state index in [0.29, 0.717) is 49.6 Å². The van der Waals surface area contributed by atoms with Crippen LogP contribution in [0.4, 0.5) is 10.6 Å². The number of rotatable bonds is 10. The van der Waals surface area contributed by atoms with E-state index < -0.39 is 24.1 Å². The van der Waals surface area contributed by atoms with Gasteiger partial charge in [0.05, 0.1) is 11.9 Å². The lowest BCUT2D eigenvalue weighted by molar-refractivity contribution is 0.0899. The summed E-state index contributed by atoms with van der Waals surface area (Å²) in [6.07, 6.45) is 5.41. The minimum atomic E-state index is -3.27. The van der Waals surface area contributed by atoms with Gasteiger partial charge in [-0.15, -0.1) is 0 Å². The van der Waals surface area contributed by atoms with Gasteiger partial charge in [0.15, 0.2) is 11.5 Å². The van der Waals surface area contributed by atoms with Crippen LogP contribution in [-0.4, -0.2) is 72.9 Å². The number of urea groups is 1. The number of hydrogen-bond acceptors (Lipinski definition) is 6. The Bertz CT molecular complexity index is 1050.